The van der Waals surface area contributed by atoms with Crippen LogP contribution in [0.25, 0.3) is 0 Å². The smallest absolute Gasteiger partial charge is 0.311 e. The van der Waals surface area contributed by atoms with Crippen LogP contribution in [0, 0.1) is 19.8 Å². The van der Waals surface area contributed by atoms with E-state index >= 15 is 0 Å². The summed E-state index contributed by atoms with van der Waals surface area (Å²) in [4.78, 5) is 25.7. The molecule has 1 aliphatic rings. The van der Waals surface area contributed by atoms with E-state index in [2.05, 4.69) is 0 Å². The molecule has 1 saturated heterocycles. The van der Waals surface area contributed by atoms with E-state index in [9.17, 15) is 9.59 Å². The quantitative estimate of drug-likeness (QED) is 0.767. The van der Waals surface area contributed by atoms with Gasteiger partial charge in [0.2, 0.25) is 5.91 Å². The molecule has 0 aliphatic carbocycles. The van der Waals surface area contributed by atoms with Crippen molar-refractivity contribution in [2.24, 2.45) is 5.92 Å². The Hall–Kier alpha value is -1.84. The van der Waals surface area contributed by atoms with Crippen LogP contribution in [0.1, 0.15) is 24.5 Å². The van der Waals surface area contributed by atoms with Crippen molar-refractivity contribution in [1.82, 2.24) is 0 Å². The van der Waals surface area contributed by atoms with Crippen LogP contribution in [0.3, 0.4) is 0 Å². The first kappa shape index (κ1) is 13.6. The van der Waals surface area contributed by atoms with E-state index in [1.807, 2.05) is 39.0 Å². The number of ether oxygens (including phenoxy) is 1. The zero-order valence-electron chi connectivity index (χ0n) is 11.8. The number of amides is 1. The van der Waals surface area contributed by atoms with Crippen molar-refractivity contribution in [2.45, 2.75) is 33.2 Å². The monoisotopic (exact) mass is 261 g/mol. The molecule has 0 saturated carbocycles. The highest BCUT2D eigenvalue weighted by Gasteiger charge is 2.43. The number of esters is 1. The lowest BCUT2D eigenvalue weighted by Crippen LogP contribution is -2.36. The normalized spacial score (nSPS) is 22.7. The third kappa shape index (κ3) is 2.23. The second-order valence-corrected chi connectivity index (χ2v) is 5.08. The predicted octanol–water partition coefficient (Wildman–Crippen LogP) is 2.22. The summed E-state index contributed by atoms with van der Waals surface area (Å²) in [6.07, 6.45) is 0.224. The molecule has 1 aromatic carbocycles. The van der Waals surface area contributed by atoms with E-state index in [0.29, 0.717) is 0 Å². The standard InChI is InChI=1S/C15H19NO3/c1-9-6-5-7-10(2)14(9)16-11(3)12(8-13(16)17)15(18)19-4/h5-7,11-12H,8H2,1-4H3. The maximum absolute atomic E-state index is 12.2. The average molecular weight is 261 g/mol. The molecule has 2 rings (SSSR count). The molecule has 0 bridgehead atoms. The van der Waals surface area contributed by atoms with Gasteiger partial charge in [-0.3, -0.25) is 9.59 Å². The van der Waals surface area contributed by atoms with Crippen molar-refractivity contribution in [3.63, 3.8) is 0 Å². The zero-order valence-corrected chi connectivity index (χ0v) is 11.8. The average Bonchev–Trinajstić information content (AvgIpc) is 2.65. The Kier molecular flexibility index (Phi) is 3.60. The van der Waals surface area contributed by atoms with Gasteiger partial charge >= 0.3 is 5.97 Å². The third-order valence-electron chi connectivity index (χ3n) is 3.84. The molecule has 0 radical (unpaired) electrons. The highest BCUT2D eigenvalue weighted by Crippen LogP contribution is 2.35. The number of nitrogens with zero attached hydrogens (tertiary/aromatic N) is 1. The van der Waals surface area contributed by atoms with Gasteiger partial charge in [0.25, 0.3) is 0 Å². The Morgan fingerprint density at radius 3 is 2.42 bits per heavy atom. The zero-order chi connectivity index (χ0) is 14.2. The summed E-state index contributed by atoms with van der Waals surface area (Å²) in [6.45, 7) is 5.86. The van der Waals surface area contributed by atoms with E-state index < -0.39 is 0 Å². The van der Waals surface area contributed by atoms with Gasteiger partial charge in [-0.1, -0.05) is 18.2 Å². The van der Waals surface area contributed by atoms with Crippen LogP contribution < -0.4 is 4.90 Å². The molecule has 0 aromatic heterocycles. The molecule has 4 nitrogen and oxygen atoms in total. The van der Waals surface area contributed by atoms with Crippen molar-refractivity contribution >= 4 is 17.6 Å². The number of anilines is 1. The van der Waals surface area contributed by atoms with Gasteiger partial charge in [-0.05, 0) is 31.9 Å². The number of benzene rings is 1. The molecular weight excluding hydrogens is 242 g/mol. The fraction of sp³-hybridized carbons (Fsp3) is 0.467. The van der Waals surface area contributed by atoms with Gasteiger partial charge in [0.1, 0.15) is 0 Å². The van der Waals surface area contributed by atoms with Crippen LogP contribution in [0.4, 0.5) is 5.69 Å². The van der Waals surface area contributed by atoms with Crippen LogP contribution in [0.5, 0.6) is 0 Å². The lowest BCUT2D eigenvalue weighted by atomic mass is 10.0. The topological polar surface area (TPSA) is 46.6 Å². The maximum atomic E-state index is 12.2. The summed E-state index contributed by atoms with van der Waals surface area (Å²) in [5.41, 5.74) is 3.02. The van der Waals surface area contributed by atoms with Gasteiger partial charge in [0.15, 0.2) is 0 Å². The number of aryl methyl sites for hydroxylation is 2. The Balaban J connectivity index is 2.41. The molecular formula is C15H19NO3. The Bertz CT molecular complexity index is 504. The highest BCUT2D eigenvalue weighted by atomic mass is 16.5. The summed E-state index contributed by atoms with van der Waals surface area (Å²) >= 11 is 0. The van der Waals surface area contributed by atoms with Gasteiger partial charge in [-0.15, -0.1) is 0 Å². The van der Waals surface area contributed by atoms with Crippen molar-refractivity contribution < 1.29 is 14.3 Å². The second kappa shape index (κ2) is 5.03. The predicted molar refractivity (Wildman–Crippen MR) is 73.0 cm³/mol. The first-order valence-corrected chi connectivity index (χ1v) is 6.43. The Morgan fingerprint density at radius 1 is 1.32 bits per heavy atom. The van der Waals surface area contributed by atoms with Gasteiger partial charge in [-0.2, -0.15) is 0 Å². The van der Waals surface area contributed by atoms with Crippen molar-refractivity contribution in [2.75, 3.05) is 12.0 Å². The van der Waals surface area contributed by atoms with E-state index in [4.69, 9.17) is 4.74 Å². The minimum atomic E-state index is -0.378. The van der Waals surface area contributed by atoms with Gasteiger partial charge in [0, 0.05) is 18.2 Å². The van der Waals surface area contributed by atoms with Crippen molar-refractivity contribution in [1.29, 1.82) is 0 Å². The highest BCUT2D eigenvalue weighted by molar-refractivity contribution is 6.01. The SMILES string of the molecule is COC(=O)C1CC(=O)N(c2c(C)cccc2C)C1C. The first-order valence-electron chi connectivity index (χ1n) is 6.43. The molecule has 19 heavy (non-hydrogen) atoms. The number of hydrogen-bond acceptors (Lipinski definition) is 3. The molecule has 1 aromatic rings. The molecule has 1 fully saturated rings. The Morgan fingerprint density at radius 2 is 1.89 bits per heavy atom. The molecule has 2 unspecified atom stereocenters. The Labute approximate surface area is 113 Å². The number of hydrogen-bond donors (Lipinski definition) is 0. The second-order valence-electron chi connectivity index (χ2n) is 5.08. The summed E-state index contributed by atoms with van der Waals surface area (Å²) in [6, 6.07) is 5.76. The third-order valence-corrected chi connectivity index (χ3v) is 3.84. The molecule has 4 heteroatoms. The van der Waals surface area contributed by atoms with Crippen LogP contribution in [0.2, 0.25) is 0 Å². The van der Waals surface area contributed by atoms with Gasteiger partial charge in [-0.25, -0.2) is 0 Å². The van der Waals surface area contributed by atoms with E-state index in [1.165, 1.54) is 7.11 Å². The number of rotatable bonds is 2. The fourth-order valence-electron chi connectivity index (χ4n) is 2.81. The maximum Gasteiger partial charge on any atom is 0.311 e. The van der Waals surface area contributed by atoms with Gasteiger partial charge in [0.05, 0.1) is 13.0 Å². The number of methoxy groups -OCH3 is 1. The summed E-state index contributed by atoms with van der Waals surface area (Å²) in [5.74, 6) is -0.702. The van der Waals surface area contributed by atoms with Crippen molar-refractivity contribution in [3.8, 4) is 0 Å². The molecule has 1 heterocycles. The molecule has 0 spiro atoms. The molecule has 1 amide bonds. The van der Waals surface area contributed by atoms with Crippen LogP contribution in [-0.4, -0.2) is 25.0 Å². The molecule has 2 atom stereocenters. The first-order chi connectivity index (χ1) is 8.97. The summed E-state index contributed by atoms with van der Waals surface area (Å²) < 4.78 is 4.78. The van der Waals surface area contributed by atoms with Crippen LogP contribution >= 0.6 is 0 Å². The van der Waals surface area contributed by atoms with E-state index in [0.717, 1.165) is 16.8 Å². The molecule has 1 aliphatic heterocycles. The number of carbonyl (C=O) groups excluding carboxylic acids is 2. The van der Waals surface area contributed by atoms with Crippen LogP contribution in [0.15, 0.2) is 18.2 Å². The molecule has 0 N–H and O–H groups in total. The minimum absolute atomic E-state index is 0.0136. The van der Waals surface area contributed by atoms with E-state index in [1.54, 1.807) is 4.90 Å². The lowest BCUT2D eigenvalue weighted by molar-refractivity contribution is -0.146. The van der Waals surface area contributed by atoms with Gasteiger partial charge < -0.3 is 9.64 Å². The van der Waals surface area contributed by atoms with Crippen LogP contribution in [-0.2, 0) is 14.3 Å². The lowest BCUT2D eigenvalue weighted by Gasteiger charge is -2.27. The number of para-hydroxylation sites is 1. The van der Waals surface area contributed by atoms with Crippen molar-refractivity contribution in [3.05, 3.63) is 29.3 Å². The number of carbonyl (C=O) groups is 2. The van der Waals surface area contributed by atoms with E-state index in [-0.39, 0.29) is 30.3 Å². The molecule has 102 valence electrons. The minimum Gasteiger partial charge on any atom is -0.469 e. The summed E-state index contributed by atoms with van der Waals surface area (Å²) in [7, 11) is 1.36. The largest absolute Gasteiger partial charge is 0.469 e. The fourth-order valence-corrected chi connectivity index (χ4v) is 2.81. The summed E-state index contributed by atoms with van der Waals surface area (Å²) in [5, 5.41) is 0.